The minimum Gasteiger partial charge on any atom is -0.303 e. The largest absolute Gasteiger partial charge is 0.303 e. The van der Waals surface area contributed by atoms with Gasteiger partial charge in [-0.25, -0.2) is 0 Å². The Kier molecular flexibility index (Phi) is 3.44. The second-order valence-electron chi connectivity index (χ2n) is 4.34. The molecule has 11 heavy (non-hydrogen) atoms. The molecule has 1 radical (unpaired) electrons. The smallest absolute Gasteiger partial charge is 0.0311 e. The van der Waals surface area contributed by atoms with E-state index in [0.29, 0.717) is 0 Å². The summed E-state index contributed by atoms with van der Waals surface area (Å²) in [7, 11) is 0. The quantitative estimate of drug-likeness (QED) is 0.405. The number of rotatable bonds is 0. The summed E-state index contributed by atoms with van der Waals surface area (Å²) in [5.41, 5.74) is 0.458. The predicted octanol–water partition coefficient (Wildman–Crippen LogP) is 1.71. The zero-order chi connectivity index (χ0) is 7.83. The van der Waals surface area contributed by atoms with E-state index in [4.69, 9.17) is 0 Å². The van der Waals surface area contributed by atoms with E-state index in [1.165, 1.54) is 0 Å². The van der Waals surface area contributed by atoms with Gasteiger partial charge in [-0.15, -0.1) is 0 Å². The Morgan fingerprint density at radius 1 is 1.18 bits per heavy atom. The monoisotopic (exact) mass is 146 g/mol. The Morgan fingerprint density at radius 3 is 2.00 bits per heavy atom. The second-order valence-corrected chi connectivity index (χ2v) is 4.34. The summed E-state index contributed by atoms with van der Waals surface area (Å²) < 4.78 is 0. The van der Waals surface area contributed by atoms with E-state index in [1.807, 2.05) is 0 Å². The molecule has 0 unspecified atom stereocenters. The zero-order valence-electron chi connectivity index (χ0n) is 8.36. The molecule has 1 aliphatic rings. The average Bonchev–Trinajstić information content (AvgIpc) is 1.56. The van der Waals surface area contributed by atoms with Crippen molar-refractivity contribution in [2.45, 2.75) is 45.2 Å². The molecule has 1 aliphatic heterocycles. The van der Waals surface area contributed by atoms with Gasteiger partial charge in [0.2, 0.25) is 0 Å². The van der Waals surface area contributed by atoms with Crippen LogP contribution in [0.1, 0.15) is 34.1 Å². The molecule has 1 rings (SSSR count). The molecule has 2 heteroatoms. The van der Waals surface area contributed by atoms with Crippen molar-refractivity contribution >= 4 is 18.9 Å². The third-order valence-corrected chi connectivity index (χ3v) is 1.82. The normalized spacial score (nSPS) is 25.8. The summed E-state index contributed by atoms with van der Waals surface area (Å²) in [4.78, 5) is 0. The first kappa shape index (κ1) is 11.3. The van der Waals surface area contributed by atoms with Crippen molar-refractivity contribution in [3.05, 3.63) is 12.2 Å². The van der Waals surface area contributed by atoms with E-state index >= 15 is 0 Å². The molecule has 0 fully saturated rings. The molecule has 1 nitrogen and oxygen atoms in total. The van der Waals surface area contributed by atoms with Gasteiger partial charge in [0.1, 0.15) is 0 Å². The molecule has 59 valence electrons. The average molecular weight is 146 g/mol. The Hall–Kier alpha value is 0.297. The Bertz CT molecular complexity index is 159. The predicted molar refractivity (Wildman–Crippen MR) is 50.8 cm³/mol. The Morgan fingerprint density at radius 2 is 1.73 bits per heavy atom. The molecule has 0 aliphatic carbocycles. The molecule has 0 amide bonds. The van der Waals surface area contributed by atoms with Crippen molar-refractivity contribution in [1.82, 2.24) is 5.32 Å². The SMILES string of the molecule is CC1(C)C=CCC(C)(C)N1.[Li]. The van der Waals surface area contributed by atoms with Crippen molar-refractivity contribution in [1.29, 1.82) is 0 Å². The van der Waals surface area contributed by atoms with Crippen molar-refractivity contribution in [3.63, 3.8) is 0 Å². The molecule has 1 N–H and O–H groups in total. The first-order chi connectivity index (χ1) is 4.41. The van der Waals surface area contributed by atoms with E-state index in [0.717, 1.165) is 6.42 Å². The topological polar surface area (TPSA) is 12.0 Å². The Balaban J connectivity index is 0.000001000. The maximum Gasteiger partial charge on any atom is 0.0311 e. The minimum atomic E-state index is 0. The molecule has 0 atom stereocenters. The summed E-state index contributed by atoms with van der Waals surface area (Å²) in [6.45, 7) is 8.87. The standard InChI is InChI=1S/C9H17N.Li/c1-8(2)6-5-7-9(3,4)10-8;/h5-6,10H,7H2,1-4H3;. The Labute approximate surface area is 81.8 Å². The van der Waals surface area contributed by atoms with E-state index in [1.54, 1.807) is 0 Å². The summed E-state index contributed by atoms with van der Waals surface area (Å²) in [6.07, 6.45) is 5.63. The van der Waals surface area contributed by atoms with Gasteiger partial charge in [0.15, 0.2) is 0 Å². The summed E-state index contributed by atoms with van der Waals surface area (Å²) in [5.74, 6) is 0. The van der Waals surface area contributed by atoms with E-state index in [-0.39, 0.29) is 29.9 Å². The fourth-order valence-electron chi connectivity index (χ4n) is 1.61. The van der Waals surface area contributed by atoms with E-state index in [2.05, 4.69) is 45.2 Å². The summed E-state index contributed by atoms with van der Waals surface area (Å²) >= 11 is 0. The van der Waals surface area contributed by atoms with Crippen LogP contribution in [-0.4, -0.2) is 29.9 Å². The first-order valence-corrected chi connectivity index (χ1v) is 3.88. The van der Waals surface area contributed by atoms with E-state index < -0.39 is 0 Å². The minimum absolute atomic E-state index is 0. The van der Waals surface area contributed by atoms with Crippen LogP contribution in [0, 0.1) is 0 Å². The third kappa shape index (κ3) is 3.47. The maximum absolute atomic E-state index is 3.55. The van der Waals surface area contributed by atoms with Crippen LogP contribution < -0.4 is 5.32 Å². The molecule has 1 heterocycles. The fraction of sp³-hybridized carbons (Fsp3) is 0.778. The summed E-state index contributed by atoms with van der Waals surface area (Å²) in [6, 6.07) is 0. The van der Waals surface area contributed by atoms with Gasteiger partial charge in [-0.1, -0.05) is 12.2 Å². The molecular formula is C9H17LiN. The van der Waals surface area contributed by atoms with Crippen LogP contribution in [-0.2, 0) is 0 Å². The molecule has 0 saturated carbocycles. The number of hydrogen-bond acceptors (Lipinski definition) is 1. The molecule has 0 saturated heterocycles. The number of nitrogens with one attached hydrogen (secondary N) is 1. The molecular weight excluding hydrogens is 129 g/mol. The van der Waals surface area contributed by atoms with Gasteiger partial charge < -0.3 is 5.32 Å². The van der Waals surface area contributed by atoms with Gasteiger partial charge in [-0.05, 0) is 34.1 Å². The molecule has 0 bridgehead atoms. The van der Waals surface area contributed by atoms with Gasteiger partial charge in [0, 0.05) is 29.9 Å². The van der Waals surface area contributed by atoms with Crippen molar-refractivity contribution in [3.8, 4) is 0 Å². The van der Waals surface area contributed by atoms with E-state index in [9.17, 15) is 0 Å². The van der Waals surface area contributed by atoms with Gasteiger partial charge in [0.05, 0.1) is 0 Å². The van der Waals surface area contributed by atoms with Gasteiger partial charge >= 0.3 is 0 Å². The van der Waals surface area contributed by atoms with Crippen LogP contribution in [0.5, 0.6) is 0 Å². The van der Waals surface area contributed by atoms with Crippen LogP contribution in [0.4, 0.5) is 0 Å². The van der Waals surface area contributed by atoms with Crippen LogP contribution in [0.2, 0.25) is 0 Å². The maximum atomic E-state index is 3.55. The van der Waals surface area contributed by atoms with Crippen molar-refractivity contribution in [2.75, 3.05) is 0 Å². The van der Waals surface area contributed by atoms with Crippen LogP contribution in [0.15, 0.2) is 12.2 Å². The van der Waals surface area contributed by atoms with Crippen LogP contribution in [0.25, 0.3) is 0 Å². The van der Waals surface area contributed by atoms with Crippen LogP contribution in [0.3, 0.4) is 0 Å². The first-order valence-electron chi connectivity index (χ1n) is 3.88. The molecule has 0 aromatic heterocycles. The van der Waals surface area contributed by atoms with Crippen molar-refractivity contribution in [2.24, 2.45) is 0 Å². The van der Waals surface area contributed by atoms with Gasteiger partial charge in [-0.2, -0.15) is 0 Å². The summed E-state index contributed by atoms with van der Waals surface area (Å²) in [5, 5.41) is 3.55. The number of hydrogen-bond donors (Lipinski definition) is 1. The fourth-order valence-corrected chi connectivity index (χ4v) is 1.61. The molecule has 0 spiro atoms. The second kappa shape index (κ2) is 3.35. The molecule has 0 aromatic carbocycles. The van der Waals surface area contributed by atoms with Crippen LogP contribution >= 0.6 is 0 Å². The van der Waals surface area contributed by atoms with Gasteiger partial charge in [-0.3, -0.25) is 0 Å². The third-order valence-electron chi connectivity index (χ3n) is 1.82. The van der Waals surface area contributed by atoms with Gasteiger partial charge in [0.25, 0.3) is 0 Å². The molecule has 0 aromatic rings. The zero-order valence-corrected chi connectivity index (χ0v) is 8.36. The van der Waals surface area contributed by atoms with Crippen molar-refractivity contribution < 1.29 is 0 Å².